The second-order valence-corrected chi connectivity index (χ2v) is 7.64. The molecule has 0 unspecified atom stereocenters. The average molecular weight is 389 g/mol. The summed E-state index contributed by atoms with van der Waals surface area (Å²) in [6, 6.07) is 13.3. The van der Waals surface area contributed by atoms with E-state index in [0.717, 1.165) is 42.4 Å². The molecule has 5 rings (SSSR count). The van der Waals surface area contributed by atoms with Gasteiger partial charge in [-0.15, -0.1) is 0 Å². The van der Waals surface area contributed by atoms with Crippen LogP contribution in [0.5, 0.6) is 5.75 Å². The normalized spacial score (nSPS) is 15.9. The van der Waals surface area contributed by atoms with Crippen LogP contribution in [0.15, 0.2) is 47.3 Å². The smallest absolute Gasteiger partial charge is 0.261 e. The molecule has 1 fully saturated rings. The number of imidazole rings is 1. The highest BCUT2D eigenvalue weighted by molar-refractivity contribution is 6.01. The Morgan fingerprint density at radius 3 is 2.62 bits per heavy atom. The van der Waals surface area contributed by atoms with Crippen LogP contribution in [0.1, 0.15) is 12.8 Å². The van der Waals surface area contributed by atoms with Gasteiger partial charge in [-0.25, -0.2) is 4.98 Å². The van der Waals surface area contributed by atoms with Crippen molar-refractivity contribution < 1.29 is 4.74 Å². The second kappa shape index (κ2) is 6.93. The summed E-state index contributed by atoms with van der Waals surface area (Å²) in [5.74, 6) is 1.16. The van der Waals surface area contributed by atoms with Crippen molar-refractivity contribution in [2.45, 2.75) is 18.9 Å². The molecule has 0 saturated carbocycles. The first kappa shape index (κ1) is 17.8. The number of nitrogens with two attached hydrogens (primary N) is 1. The van der Waals surface area contributed by atoms with E-state index in [1.165, 1.54) is 0 Å². The fourth-order valence-corrected chi connectivity index (χ4v) is 4.03. The first-order chi connectivity index (χ1) is 14.1. The van der Waals surface area contributed by atoms with Gasteiger partial charge in [0.15, 0.2) is 0 Å². The van der Waals surface area contributed by atoms with Gasteiger partial charge in [-0.05, 0) is 44.2 Å². The minimum atomic E-state index is -0.273. The van der Waals surface area contributed by atoms with Gasteiger partial charge in [0.25, 0.3) is 5.56 Å². The van der Waals surface area contributed by atoms with Crippen LogP contribution in [0.4, 0.5) is 5.69 Å². The third-order valence-electron chi connectivity index (χ3n) is 5.63. The van der Waals surface area contributed by atoms with Crippen LogP contribution in [0.3, 0.4) is 0 Å². The van der Waals surface area contributed by atoms with Crippen LogP contribution < -0.4 is 16.0 Å². The van der Waals surface area contributed by atoms with Crippen LogP contribution >= 0.6 is 0 Å². The van der Waals surface area contributed by atoms with E-state index in [1.54, 1.807) is 0 Å². The molecule has 1 aliphatic heterocycles. The molecule has 2 aromatic heterocycles. The molecule has 7 heteroatoms. The second-order valence-electron chi connectivity index (χ2n) is 7.64. The highest BCUT2D eigenvalue weighted by Gasteiger charge is 2.22. The Hall–Kier alpha value is -3.32. The minimum absolute atomic E-state index is 0.137. The average Bonchev–Trinajstić information content (AvgIpc) is 3.13. The number of benzene rings is 2. The number of aromatic nitrogens is 3. The van der Waals surface area contributed by atoms with E-state index in [4.69, 9.17) is 10.5 Å². The number of ether oxygens (including phenoxy) is 1. The molecule has 148 valence electrons. The first-order valence-corrected chi connectivity index (χ1v) is 9.85. The Morgan fingerprint density at radius 1 is 1.07 bits per heavy atom. The lowest BCUT2D eigenvalue weighted by Gasteiger charge is -2.29. The number of pyridine rings is 1. The molecule has 0 bridgehead atoms. The molecule has 1 saturated heterocycles. The Balaban J connectivity index is 1.63. The molecule has 0 atom stereocenters. The van der Waals surface area contributed by atoms with Crippen LogP contribution in [0.2, 0.25) is 0 Å². The highest BCUT2D eigenvalue weighted by Crippen LogP contribution is 2.35. The van der Waals surface area contributed by atoms with Crippen molar-refractivity contribution in [3.8, 4) is 17.1 Å². The molecular weight excluding hydrogens is 366 g/mol. The van der Waals surface area contributed by atoms with Gasteiger partial charge in [0.05, 0.1) is 27.6 Å². The van der Waals surface area contributed by atoms with E-state index >= 15 is 0 Å². The van der Waals surface area contributed by atoms with Gasteiger partial charge in [-0.3, -0.25) is 4.79 Å². The zero-order valence-corrected chi connectivity index (χ0v) is 16.2. The van der Waals surface area contributed by atoms with Gasteiger partial charge < -0.3 is 25.3 Å². The van der Waals surface area contributed by atoms with Crippen molar-refractivity contribution in [1.82, 2.24) is 19.9 Å². The number of anilines is 1. The molecule has 0 radical (unpaired) electrons. The molecule has 0 amide bonds. The van der Waals surface area contributed by atoms with Gasteiger partial charge in [0.1, 0.15) is 23.2 Å². The van der Waals surface area contributed by atoms with E-state index in [1.807, 2.05) is 42.5 Å². The van der Waals surface area contributed by atoms with Gasteiger partial charge in [-0.2, -0.15) is 0 Å². The quantitative estimate of drug-likeness (QED) is 0.500. The number of fused-ring (bicyclic) bond motifs is 2. The molecule has 7 nitrogen and oxygen atoms in total. The third kappa shape index (κ3) is 3.13. The largest absolute Gasteiger partial charge is 0.490 e. The fourth-order valence-electron chi connectivity index (χ4n) is 4.03. The molecule has 0 aliphatic carbocycles. The predicted octanol–water partition coefficient (Wildman–Crippen LogP) is 3.13. The van der Waals surface area contributed by atoms with Crippen molar-refractivity contribution in [1.29, 1.82) is 0 Å². The summed E-state index contributed by atoms with van der Waals surface area (Å²) in [5.41, 5.74) is 9.29. The van der Waals surface area contributed by atoms with Crippen molar-refractivity contribution in [3.63, 3.8) is 0 Å². The number of rotatable bonds is 3. The molecule has 0 spiro atoms. The zero-order chi connectivity index (χ0) is 20.0. The third-order valence-corrected chi connectivity index (χ3v) is 5.63. The number of para-hydroxylation sites is 2. The number of hydrogen-bond acceptors (Lipinski definition) is 5. The number of nitrogens with one attached hydrogen (secondary N) is 2. The number of H-pyrrole nitrogens is 2. The summed E-state index contributed by atoms with van der Waals surface area (Å²) in [5, 5.41) is 0.724. The number of hydrogen-bond donors (Lipinski definition) is 3. The number of aromatic amines is 2. The summed E-state index contributed by atoms with van der Waals surface area (Å²) in [6.45, 7) is 2.01. The van der Waals surface area contributed by atoms with Gasteiger partial charge in [-0.1, -0.05) is 18.2 Å². The summed E-state index contributed by atoms with van der Waals surface area (Å²) in [7, 11) is 2.12. The highest BCUT2D eigenvalue weighted by atomic mass is 16.5. The Morgan fingerprint density at radius 2 is 1.83 bits per heavy atom. The summed E-state index contributed by atoms with van der Waals surface area (Å²) in [4.78, 5) is 25.8. The minimum Gasteiger partial charge on any atom is -0.490 e. The molecule has 1 aliphatic rings. The summed E-state index contributed by atoms with van der Waals surface area (Å²) < 4.78 is 6.33. The van der Waals surface area contributed by atoms with Crippen molar-refractivity contribution in [2.24, 2.45) is 0 Å². The van der Waals surface area contributed by atoms with E-state index in [9.17, 15) is 4.79 Å². The van der Waals surface area contributed by atoms with Gasteiger partial charge in [0, 0.05) is 13.1 Å². The first-order valence-electron chi connectivity index (χ1n) is 9.85. The molecule has 3 heterocycles. The van der Waals surface area contributed by atoms with E-state index in [2.05, 4.69) is 26.9 Å². The predicted molar refractivity (Wildman–Crippen MR) is 115 cm³/mol. The topological polar surface area (TPSA) is 100 Å². The number of piperidine rings is 1. The Kier molecular flexibility index (Phi) is 4.24. The van der Waals surface area contributed by atoms with Crippen molar-refractivity contribution in [2.75, 3.05) is 25.9 Å². The SMILES string of the molecule is CN1CCC(Oc2cccc3[nH]c(=O)c(-c4nc5ccccc5[nH]4)c(N)c23)CC1. The summed E-state index contributed by atoms with van der Waals surface area (Å²) in [6.07, 6.45) is 2.07. The standard InChI is InChI=1S/C22H23N5O2/c1-27-11-9-13(10-12-27)29-17-8-4-7-16-18(17)20(23)19(22(28)26-16)21-24-14-5-2-3-6-15(14)25-21/h2-8,13H,9-12H2,1H3,(H,24,25)(H3,23,26,28). The lowest BCUT2D eigenvalue weighted by Crippen LogP contribution is -2.35. The fraction of sp³-hybridized carbons (Fsp3) is 0.273. The molecule has 4 N–H and O–H groups in total. The van der Waals surface area contributed by atoms with Crippen molar-refractivity contribution >= 4 is 27.6 Å². The monoisotopic (exact) mass is 389 g/mol. The lowest BCUT2D eigenvalue weighted by molar-refractivity contribution is 0.116. The maximum Gasteiger partial charge on any atom is 0.261 e. The van der Waals surface area contributed by atoms with E-state index in [-0.39, 0.29) is 11.7 Å². The maximum absolute atomic E-state index is 12.8. The molecule has 29 heavy (non-hydrogen) atoms. The number of likely N-dealkylation sites (tertiary alicyclic amines) is 1. The van der Waals surface area contributed by atoms with Crippen LogP contribution in [-0.4, -0.2) is 46.1 Å². The number of nitrogens with zero attached hydrogens (tertiary/aromatic N) is 2. The van der Waals surface area contributed by atoms with Gasteiger partial charge >= 0.3 is 0 Å². The molecular formula is C22H23N5O2. The van der Waals surface area contributed by atoms with Gasteiger partial charge in [0.2, 0.25) is 0 Å². The van der Waals surface area contributed by atoms with Crippen LogP contribution in [0, 0.1) is 0 Å². The number of nitrogen functional groups attached to an aromatic ring is 1. The molecule has 2 aromatic carbocycles. The Bertz CT molecular complexity index is 1220. The Labute approximate surface area is 167 Å². The van der Waals surface area contributed by atoms with Crippen molar-refractivity contribution in [3.05, 3.63) is 52.8 Å². The lowest BCUT2D eigenvalue weighted by atomic mass is 10.1. The van der Waals surface area contributed by atoms with Crippen LogP contribution in [0.25, 0.3) is 33.3 Å². The maximum atomic E-state index is 12.8. The van der Waals surface area contributed by atoms with Crippen LogP contribution in [-0.2, 0) is 0 Å². The zero-order valence-electron chi connectivity index (χ0n) is 16.2. The summed E-state index contributed by atoms with van der Waals surface area (Å²) >= 11 is 0. The van der Waals surface area contributed by atoms with E-state index in [0.29, 0.717) is 28.3 Å². The molecule has 4 aromatic rings. The van der Waals surface area contributed by atoms with E-state index < -0.39 is 0 Å².